The summed E-state index contributed by atoms with van der Waals surface area (Å²) in [6, 6.07) is 9.16. The van der Waals surface area contributed by atoms with Crippen molar-refractivity contribution in [1.82, 2.24) is 4.90 Å². The average molecular weight is 369 g/mol. The standard InChI is InChI=1S/C14H20GeN2O5/c18-14(16-13-4-2-1-3-5-13)19-12-15-20-9-6-17(7-10-21-15)8-11-22-15/h1-5H,6-12H2,(H,16,18). The predicted octanol–water partition coefficient (Wildman–Crippen LogP) is 1.09. The van der Waals surface area contributed by atoms with Gasteiger partial charge >= 0.3 is 132 Å². The molecule has 1 aromatic carbocycles. The molecule has 3 saturated heterocycles. The van der Waals surface area contributed by atoms with Gasteiger partial charge in [-0.2, -0.15) is 0 Å². The van der Waals surface area contributed by atoms with Gasteiger partial charge in [0, 0.05) is 0 Å². The van der Waals surface area contributed by atoms with E-state index in [1.165, 1.54) is 0 Å². The third-order valence-electron chi connectivity index (χ3n) is 3.59. The van der Waals surface area contributed by atoms with Crippen molar-refractivity contribution in [1.29, 1.82) is 0 Å². The van der Waals surface area contributed by atoms with E-state index in [1.54, 1.807) is 12.1 Å². The normalized spacial score (nSPS) is 28.3. The van der Waals surface area contributed by atoms with Gasteiger partial charge in [0.15, 0.2) is 0 Å². The van der Waals surface area contributed by atoms with E-state index in [2.05, 4.69) is 10.2 Å². The van der Waals surface area contributed by atoms with E-state index >= 15 is 0 Å². The summed E-state index contributed by atoms with van der Waals surface area (Å²) in [5.41, 5.74) is 0.768. The fraction of sp³-hybridized carbons (Fsp3) is 0.500. The van der Waals surface area contributed by atoms with Crippen LogP contribution in [0, 0.1) is 0 Å². The van der Waals surface area contributed by atoms with Crippen LogP contribution in [0.1, 0.15) is 0 Å². The van der Waals surface area contributed by atoms with Gasteiger partial charge in [0.2, 0.25) is 0 Å². The number of hydrogen-bond acceptors (Lipinski definition) is 6. The van der Waals surface area contributed by atoms with Gasteiger partial charge in [-0.15, -0.1) is 0 Å². The van der Waals surface area contributed by atoms with Gasteiger partial charge in [-0.1, -0.05) is 0 Å². The number of para-hydroxylation sites is 1. The Kier molecular flexibility index (Phi) is 5.32. The molecule has 0 saturated carbocycles. The van der Waals surface area contributed by atoms with Crippen LogP contribution in [0.4, 0.5) is 10.5 Å². The molecule has 4 rings (SSSR count). The first-order valence-electron chi connectivity index (χ1n) is 7.39. The molecular weight excluding hydrogens is 349 g/mol. The SMILES string of the molecule is O=C(Nc1ccccc1)O[CH2][Ge]12[O]CCN(CC[O]1)CC[O]2. The number of benzene rings is 1. The Morgan fingerprint density at radius 3 is 2.27 bits per heavy atom. The molecule has 7 nitrogen and oxygen atoms in total. The molecule has 3 aliphatic rings. The fourth-order valence-electron chi connectivity index (χ4n) is 2.41. The quantitative estimate of drug-likeness (QED) is 0.805. The van der Waals surface area contributed by atoms with Crippen molar-refractivity contribution in [2.45, 2.75) is 0 Å². The first-order chi connectivity index (χ1) is 10.8. The van der Waals surface area contributed by atoms with Crippen molar-refractivity contribution < 1.29 is 20.8 Å². The van der Waals surface area contributed by atoms with Crippen molar-refractivity contribution in [2.75, 3.05) is 50.2 Å². The van der Waals surface area contributed by atoms with Crippen LogP contribution in [0.5, 0.6) is 0 Å². The zero-order chi connectivity index (χ0) is 15.3. The number of nitrogens with one attached hydrogen (secondary N) is 1. The predicted molar refractivity (Wildman–Crippen MR) is 81.5 cm³/mol. The third kappa shape index (κ3) is 4.20. The second-order valence-corrected chi connectivity index (χ2v) is 10.4. The first-order valence-corrected chi connectivity index (χ1v) is 11.4. The topological polar surface area (TPSA) is 69.3 Å². The minimum atomic E-state index is -3.49. The number of ether oxygens (including phenoxy) is 1. The van der Waals surface area contributed by atoms with E-state index in [0.29, 0.717) is 25.5 Å². The maximum absolute atomic E-state index is 11.9. The van der Waals surface area contributed by atoms with Crippen molar-refractivity contribution in [3.8, 4) is 0 Å². The van der Waals surface area contributed by atoms with Crippen LogP contribution < -0.4 is 5.32 Å². The summed E-state index contributed by atoms with van der Waals surface area (Å²) in [5, 5.41) is 2.67. The van der Waals surface area contributed by atoms with E-state index in [0.717, 1.165) is 19.6 Å². The Morgan fingerprint density at radius 1 is 1.09 bits per heavy atom. The van der Waals surface area contributed by atoms with Gasteiger partial charge in [-0.05, 0) is 0 Å². The average Bonchev–Trinajstić information content (AvgIpc) is 2.46. The molecule has 3 aliphatic heterocycles. The maximum atomic E-state index is 11.9. The van der Waals surface area contributed by atoms with Crippen LogP contribution in [0.2, 0.25) is 0 Å². The number of fused-ring (bicyclic) bond motifs is 6. The van der Waals surface area contributed by atoms with E-state index in [-0.39, 0.29) is 5.44 Å². The number of nitrogens with zero attached hydrogens (tertiary/aromatic N) is 1. The van der Waals surface area contributed by atoms with Gasteiger partial charge < -0.3 is 0 Å². The van der Waals surface area contributed by atoms with E-state index in [9.17, 15) is 4.79 Å². The minimum absolute atomic E-state index is 0.0820. The summed E-state index contributed by atoms with van der Waals surface area (Å²) in [5.74, 6) is 0. The van der Waals surface area contributed by atoms with E-state index in [4.69, 9.17) is 16.0 Å². The molecule has 0 radical (unpaired) electrons. The van der Waals surface area contributed by atoms with Gasteiger partial charge in [-0.25, -0.2) is 0 Å². The zero-order valence-electron chi connectivity index (χ0n) is 12.3. The molecule has 0 atom stereocenters. The molecule has 120 valence electrons. The number of anilines is 1. The molecular formula is C14H20GeN2O5. The molecule has 1 aromatic rings. The summed E-state index contributed by atoms with van der Waals surface area (Å²) in [4.78, 5) is 14.1. The van der Waals surface area contributed by atoms with Crippen LogP contribution >= 0.6 is 0 Å². The van der Waals surface area contributed by atoms with Crippen LogP contribution in [0.25, 0.3) is 0 Å². The monoisotopic (exact) mass is 370 g/mol. The van der Waals surface area contributed by atoms with Crippen LogP contribution in [0.15, 0.2) is 30.3 Å². The number of carbonyl (C=O) groups excluding carboxylic acids is 1. The van der Waals surface area contributed by atoms with Gasteiger partial charge in [0.25, 0.3) is 0 Å². The number of rotatable bonds is 3. The molecule has 1 amide bonds. The molecule has 2 bridgehead atoms. The molecule has 8 heteroatoms. The number of hydrogen-bond donors (Lipinski definition) is 1. The number of amides is 1. The Morgan fingerprint density at radius 2 is 1.68 bits per heavy atom. The molecule has 3 heterocycles. The molecule has 22 heavy (non-hydrogen) atoms. The van der Waals surface area contributed by atoms with Crippen molar-refractivity contribution in [2.24, 2.45) is 0 Å². The van der Waals surface area contributed by atoms with Crippen molar-refractivity contribution >= 4 is 26.1 Å². The Bertz CT molecular complexity index is 475. The van der Waals surface area contributed by atoms with Gasteiger partial charge in [-0.3, -0.25) is 0 Å². The molecule has 0 aliphatic carbocycles. The second-order valence-electron chi connectivity index (χ2n) is 5.14. The molecule has 0 spiro atoms. The van der Waals surface area contributed by atoms with Crippen LogP contribution in [0.3, 0.4) is 0 Å². The van der Waals surface area contributed by atoms with Gasteiger partial charge in [0.05, 0.1) is 0 Å². The van der Waals surface area contributed by atoms with Crippen LogP contribution in [-0.2, 0) is 16.0 Å². The second kappa shape index (κ2) is 7.43. The fourth-order valence-corrected chi connectivity index (χ4v) is 6.63. The Hall–Kier alpha value is -1.13. The van der Waals surface area contributed by atoms with Crippen molar-refractivity contribution in [3.05, 3.63) is 30.3 Å². The first kappa shape index (κ1) is 15.8. The summed E-state index contributed by atoms with van der Waals surface area (Å²) in [6.07, 6.45) is -0.521. The van der Waals surface area contributed by atoms with E-state index in [1.807, 2.05) is 18.2 Å². The molecule has 0 aromatic heterocycles. The number of carbonyl (C=O) groups is 1. The summed E-state index contributed by atoms with van der Waals surface area (Å²) in [7, 11) is 0. The zero-order valence-corrected chi connectivity index (χ0v) is 14.4. The summed E-state index contributed by atoms with van der Waals surface area (Å²) < 4.78 is 22.8. The van der Waals surface area contributed by atoms with E-state index < -0.39 is 20.4 Å². The molecule has 0 unspecified atom stereocenters. The third-order valence-corrected chi connectivity index (χ3v) is 8.69. The summed E-state index contributed by atoms with van der Waals surface area (Å²) >= 11 is -3.49. The Labute approximate surface area is 132 Å². The van der Waals surface area contributed by atoms with Gasteiger partial charge in [0.1, 0.15) is 0 Å². The van der Waals surface area contributed by atoms with Crippen molar-refractivity contribution in [3.63, 3.8) is 0 Å². The van der Waals surface area contributed by atoms with Crippen LogP contribution in [-0.4, -0.2) is 70.2 Å². The molecule has 3 fully saturated rings. The molecule has 1 N–H and O–H groups in total. The summed E-state index contributed by atoms with van der Waals surface area (Å²) in [6.45, 7) is 4.29. The Balaban J connectivity index is 1.55.